The van der Waals surface area contributed by atoms with Gasteiger partial charge in [-0.15, -0.1) is 0 Å². The van der Waals surface area contributed by atoms with Crippen LogP contribution in [0.25, 0.3) is 6.08 Å². The molecule has 9 nitrogen and oxygen atoms in total. The Morgan fingerprint density at radius 3 is 2.12 bits per heavy atom. The lowest BCUT2D eigenvalue weighted by atomic mass is 10.1. The van der Waals surface area contributed by atoms with Gasteiger partial charge in [0.05, 0.1) is 0 Å². The molecule has 2 aromatic carbocycles. The molecular formula is C23H27N4O5. The quantitative estimate of drug-likeness (QED) is 0.157. The number of nitrogen functional groups attached to an aromatic ring is 2. The fourth-order valence-corrected chi connectivity index (χ4v) is 2.90. The standard InChI is InChI=1S/C23H27N4O5/c1-3-27(16-28)23(26-2,22(30)32-15-18-8-12-20(25)13-9-18)21(29)31-14-4-5-17-6-10-19(24)11-7-17/h4-13,26H,3,14-15,24-25H2,1-2H3. The fourth-order valence-electron chi connectivity index (χ4n) is 2.90. The number of esters is 2. The highest BCUT2D eigenvalue weighted by atomic mass is 16.6. The first-order valence-corrected chi connectivity index (χ1v) is 9.92. The minimum absolute atomic E-state index is 0.0116. The molecule has 0 saturated heterocycles. The summed E-state index contributed by atoms with van der Waals surface area (Å²) < 4.78 is 10.6. The molecule has 1 unspecified atom stereocenters. The molecule has 169 valence electrons. The molecule has 0 bridgehead atoms. The van der Waals surface area contributed by atoms with Crippen molar-refractivity contribution in [3.05, 3.63) is 65.7 Å². The zero-order valence-electron chi connectivity index (χ0n) is 18.0. The largest absolute Gasteiger partial charge is 0.458 e. The zero-order chi connectivity index (χ0) is 23.6. The van der Waals surface area contributed by atoms with E-state index in [2.05, 4.69) is 5.32 Å². The van der Waals surface area contributed by atoms with E-state index in [1.54, 1.807) is 74.0 Å². The van der Waals surface area contributed by atoms with E-state index < -0.39 is 17.6 Å². The fraction of sp³-hybridized carbons (Fsp3) is 0.261. The van der Waals surface area contributed by atoms with Gasteiger partial charge in [0.2, 0.25) is 0 Å². The van der Waals surface area contributed by atoms with Gasteiger partial charge >= 0.3 is 18.3 Å². The van der Waals surface area contributed by atoms with Crippen LogP contribution in [0.2, 0.25) is 0 Å². The van der Waals surface area contributed by atoms with E-state index in [1.165, 1.54) is 7.05 Å². The van der Waals surface area contributed by atoms with Gasteiger partial charge in [0.15, 0.2) is 0 Å². The van der Waals surface area contributed by atoms with Crippen LogP contribution in [-0.4, -0.2) is 49.1 Å². The summed E-state index contributed by atoms with van der Waals surface area (Å²) in [5.74, 6) is -1.98. The number of likely N-dealkylation sites (N-methyl/N-ethyl adjacent to an activating group) is 2. The van der Waals surface area contributed by atoms with Crippen LogP contribution in [0, 0.1) is 0 Å². The third kappa shape index (κ3) is 5.86. The van der Waals surface area contributed by atoms with Gasteiger partial charge in [-0.25, -0.2) is 9.59 Å². The van der Waals surface area contributed by atoms with Gasteiger partial charge in [0, 0.05) is 17.9 Å². The van der Waals surface area contributed by atoms with Crippen molar-refractivity contribution in [2.75, 3.05) is 31.7 Å². The summed E-state index contributed by atoms with van der Waals surface area (Å²) >= 11 is 0. The van der Waals surface area contributed by atoms with Crippen molar-refractivity contribution >= 4 is 35.8 Å². The summed E-state index contributed by atoms with van der Waals surface area (Å²) in [5, 5.41) is 2.58. The van der Waals surface area contributed by atoms with Crippen molar-refractivity contribution in [1.82, 2.24) is 10.2 Å². The SMILES string of the molecule is CCN([C]=O)C(NC)(C(=O)OCC=Cc1ccc(N)cc1)C(=O)OCc1ccc(N)cc1. The lowest BCUT2D eigenvalue weighted by molar-refractivity contribution is -0.175. The van der Waals surface area contributed by atoms with Crippen LogP contribution >= 0.6 is 0 Å². The number of anilines is 2. The van der Waals surface area contributed by atoms with E-state index in [1.807, 2.05) is 0 Å². The van der Waals surface area contributed by atoms with Crippen molar-refractivity contribution in [3.63, 3.8) is 0 Å². The predicted molar refractivity (Wildman–Crippen MR) is 121 cm³/mol. The maximum absolute atomic E-state index is 13.0. The second-order valence-corrected chi connectivity index (χ2v) is 6.78. The van der Waals surface area contributed by atoms with Gasteiger partial charge in [-0.2, -0.15) is 0 Å². The van der Waals surface area contributed by atoms with Crippen LogP contribution in [0.5, 0.6) is 0 Å². The van der Waals surface area contributed by atoms with Crippen molar-refractivity contribution < 1.29 is 23.9 Å². The van der Waals surface area contributed by atoms with Gasteiger partial charge in [0.25, 0.3) is 5.66 Å². The molecule has 0 aromatic heterocycles. The molecule has 0 fully saturated rings. The monoisotopic (exact) mass is 439 g/mol. The van der Waals surface area contributed by atoms with Gasteiger partial charge in [0.1, 0.15) is 13.2 Å². The Balaban J connectivity index is 2.13. The molecule has 5 N–H and O–H groups in total. The zero-order valence-corrected chi connectivity index (χ0v) is 18.0. The molecule has 1 radical (unpaired) electrons. The lowest BCUT2D eigenvalue weighted by Crippen LogP contribution is -2.68. The third-order valence-corrected chi connectivity index (χ3v) is 4.69. The number of hydrogen-bond donors (Lipinski definition) is 3. The summed E-state index contributed by atoms with van der Waals surface area (Å²) in [7, 11) is 1.36. The molecule has 0 spiro atoms. The van der Waals surface area contributed by atoms with Crippen LogP contribution in [0.15, 0.2) is 54.6 Å². The van der Waals surface area contributed by atoms with E-state index in [9.17, 15) is 14.4 Å². The van der Waals surface area contributed by atoms with Crippen molar-refractivity contribution in [1.29, 1.82) is 0 Å². The summed E-state index contributed by atoms with van der Waals surface area (Å²) in [6, 6.07) is 13.8. The summed E-state index contributed by atoms with van der Waals surface area (Å²) in [6.45, 7) is 1.35. The molecule has 0 aliphatic carbocycles. The first-order chi connectivity index (χ1) is 15.4. The molecule has 0 aliphatic rings. The summed E-state index contributed by atoms with van der Waals surface area (Å²) in [6.07, 6.45) is 4.94. The molecular weight excluding hydrogens is 412 g/mol. The first kappa shape index (κ1) is 24.4. The Morgan fingerprint density at radius 2 is 1.59 bits per heavy atom. The van der Waals surface area contributed by atoms with E-state index in [0.717, 1.165) is 10.5 Å². The van der Waals surface area contributed by atoms with Crippen molar-refractivity contribution in [2.24, 2.45) is 0 Å². The van der Waals surface area contributed by atoms with Crippen LogP contribution in [0.3, 0.4) is 0 Å². The minimum Gasteiger partial charge on any atom is -0.458 e. The summed E-state index contributed by atoms with van der Waals surface area (Å²) in [4.78, 5) is 38.3. The highest BCUT2D eigenvalue weighted by Gasteiger charge is 2.53. The van der Waals surface area contributed by atoms with Gasteiger partial charge in [-0.05, 0) is 55.4 Å². The Bertz CT molecular complexity index is 944. The first-order valence-electron chi connectivity index (χ1n) is 9.92. The normalized spacial score (nSPS) is 12.7. The highest BCUT2D eigenvalue weighted by Crippen LogP contribution is 2.17. The number of carbonyl (C=O) groups excluding carboxylic acids is 3. The number of amides is 1. The number of ether oxygens (including phenoxy) is 2. The maximum Gasteiger partial charge on any atom is 0.359 e. The lowest BCUT2D eigenvalue weighted by Gasteiger charge is -2.35. The maximum atomic E-state index is 13.0. The van der Waals surface area contributed by atoms with E-state index in [0.29, 0.717) is 16.9 Å². The molecule has 2 aromatic rings. The van der Waals surface area contributed by atoms with Gasteiger partial charge < -0.3 is 20.9 Å². The van der Waals surface area contributed by atoms with Crippen LogP contribution in [0.4, 0.5) is 11.4 Å². The van der Waals surface area contributed by atoms with Crippen LogP contribution < -0.4 is 16.8 Å². The molecule has 0 saturated carbocycles. The minimum atomic E-state index is -2.18. The Hall–Kier alpha value is -3.85. The van der Waals surface area contributed by atoms with Gasteiger partial charge in [-0.3, -0.25) is 15.0 Å². The number of rotatable bonds is 11. The smallest absolute Gasteiger partial charge is 0.359 e. The van der Waals surface area contributed by atoms with Gasteiger partial charge in [-0.1, -0.05) is 30.3 Å². The number of benzene rings is 2. The number of nitrogens with one attached hydrogen (secondary N) is 1. The summed E-state index contributed by atoms with van der Waals surface area (Å²) in [5.41, 5.74) is 11.8. The third-order valence-electron chi connectivity index (χ3n) is 4.69. The molecule has 1 amide bonds. The average molecular weight is 439 g/mol. The highest BCUT2D eigenvalue weighted by molar-refractivity contribution is 6.06. The molecule has 9 heteroatoms. The number of nitrogens with two attached hydrogens (primary N) is 2. The number of carbonyl (C=O) groups is 2. The van der Waals surface area contributed by atoms with Crippen molar-refractivity contribution in [3.8, 4) is 0 Å². The van der Waals surface area contributed by atoms with Crippen LogP contribution in [-0.2, 0) is 30.5 Å². The topological polar surface area (TPSA) is 137 Å². The Morgan fingerprint density at radius 1 is 1.03 bits per heavy atom. The molecule has 1 atom stereocenters. The molecule has 0 heterocycles. The van der Waals surface area contributed by atoms with E-state index in [4.69, 9.17) is 20.9 Å². The Labute approximate surface area is 187 Å². The number of hydrogen-bond acceptors (Lipinski definition) is 8. The average Bonchev–Trinajstić information content (AvgIpc) is 2.80. The molecule has 32 heavy (non-hydrogen) atoms. The van der Waals surface area contributed by atoms with E-state index in [-0.39, 0.29) is 19.8 Å². The van der Waals surface area contributed by atoms with Crippen molar-refractivity contribution in [2.45, 2.75) is 19.2 Å². The Kier molecular flexibility index (Phi) is 8.79. The molecule has 2 rings (SSSR count). The van der Waals surface area contributed by atoms with Crippen LogP contribution in [0.1, 0.15) is 18.1 Å². The number of nitrogens with zero attached hydrogens (tertiary/aromatic N) is 1. The van der Waals surface area contributed by atoms with E-state index >= 15 is 0 Å². The predicted octanol–water partition coefficient (Wildman–Crippen LogP) is 1.46. The second-order valence-electron chi connectivity index (χ2n) is 6.78. The molecule has 0 aliphatic heterocycles. The second kappa shape index (κ2) is 11.5.